The van der Waals surface area contributed by atoms with Crippen molar-refractivity contribution in [2.45, 2.75) is 19.4 Å². The van der Waals surface area contributed by atoms with Crippen molar-refractivity contribution in [2.75, 3.05) is 26.2 Å². The van der Waals surface area contributed by atoms with Crippen LogP contribution in [-0.2, 0) is 4.74 Å². The molecule has 0 aromatic carbocycles. The number of Topliss-reactive ketones (excluding diaryl/α,β-unsaturated/α-hetero) is 1. The number of nitrogens with one attached hydrogen (secondary N) is 1. The maximum atomic E-state index is 11.9. The summed E-state index contributed by atoms with van der Waals surface area (Å²) in [6, 6.07) is 3.66. The van der Waals surface area contributed by atoms with Crippen LogP contribution in [0, 0.1) is 0 Å². The standard InChI is InChI=1S/C12H18N2O2/c1-12(2)9-14(6-7-16-12)8-11(15)10-4-3-5-13-10/h3-5,13H,6-9H2,1-2H3. The fourth-order valence-corrected chi connectivity index (χ4v) is 2.04. The summed E-state index contributed by atoms with van der Waals surface area (Å²) in [5.74, 6) is 0.141. The molecule has 0 unspecified atom stereocenters. The molecular formula is C12H18N2O2. The highest BCUT2D eigenvalue weighted by atomic mass is 16.5. The van der Waals surface area contributed by atoms with Crippen molar-refractivity contribution < 1.29 is 9.53 Å². The van der Waals surface area contributed by atoms with Gasteiger partial charge in [-0.05, 0) is 26.0 Å². The number of morpholine rings is 1. The number of H-pyrrole nitrogens is 1. The van der Waals surface area contributed by atoms with Gasteiger partial charge in [-0.1, -0.05) is 0 Å². The zero-order valence-corrected chi connectivity index (χ0v) is 9.82. The summed E-state index contributed by atoms with van der Waals surface area (Å²) in [7, 11) is 0. The van der Waals surface area contributed by atoms with Gasteiger partial charge in [-0.25, -0.2) is 0 Å². The fraction of sp³-hybridized carbons (Fsp3) is 0.583. The van der Waals surface area contributed by atoms with Crippen LogP contribution in [-0.4, -0.2) is 47.5 Å². The molecule has 1 aromatic rings. The quantitative estimate of drug-likeness (QED) is 0.784. The second-order valence-electron chi connectivity index (χ2n) is 4.83. The number of hydrogen-bond donors (Lipinski definition) is 1. The largest absolute Gasteiger partial charge is 0.373 e. The Kier molecular flexibility index (Phi) is 3.12. The third-order valence-corrected chi connectivity index (χ3v) is 2.77. The van der Waals surface area contributed by atoms with E-state index in [2.05, 4.69) is 23.7 Å². The van der Waals surface area contributed by atoms with E-state index in [4.69, 9.17) is 4.74 Å². The molecule has 16 heavy (non-hydrogen) atoms. The molecule has 0 saturated carbocycles. The molecule has 1 saturated heterocycles. The number of ether oxygens (including phenoxy) is 1. The summed E-state index contributed by atoms with van der Waals surface area (Å²) < 4.78 is 5.61. The van der Waals surface area contributed by atoms with Gasteiger partial charge in [-0.2, -0.15) is 0 Å². The number of aromatic amines is 1. The molecule has 1 aromatic heterocycles. The van der Waals surface area contributed by atoms with E-state index in [1.807, 2.05) is 12.1 Å². The Balaban J connectivity index is 1.92. The number of nitrogens with zero attached hydrogens (tertiary/aromatic N) is 1. The van der Waals surface area contributed by atoms with Gasteiger partial charge in [0.25, 0.3) is 0 Å². The van der Waals surface area contributed by atoms with E-state index < -0.39 is 0 Å². The average Bonchev–Trinajstić information content (AvgIpc) is 2.68. The van der Waals surface area contributed by atoms with Gasteiger partial charge in [0.1, 0.15) is 0 Å². The lowest BCUT2D eigenvalue weighted by Gasteiger charge is -2.37. The second kappa shape index (κ2) is 4.39. The first-order valence-electron chi connectivity index (χ1n) is 5.60. The van der Waals surface area contributed by atoms with Gasteiger partial charge in [0.15, 0.2) is 5.78 Å². The molecule has 1 fully saturated rings. The molecule has 2 rings (SSSR count). The maximum absolute atomic E-state index is 11.9. The summed E-state index contributed by atoms with van der Waals surface area (Å²) in [6.07, 6.45) is 1.77. The molecule has 0 spiro atoms. The molecule has 4 nitrogen and oxygen atoms in total. The van der Waals surface area contributed by atoms with E-state index in [1.54, 1.807) is 6.20 Å². The van der Waals surface area contributed by atoms with Gasteiger partial charge in [-0.15, -0.1) is 0 Å². The summed E-state index contributed by atoms with van der Waals surface area (Å²) in [5.41, 5.74) is 0.540. The molecule has 0 radical (unpaired) electrons. The molecule has 1 N–H and O–H groups in total. The number of carbonyl (C=O) groups excluding carboxylic acids is 1. The van der Waals surface area contributed by atoms with Crippen LogP contribution in [0.15, 0.2) is 18.3 Å². The first-order chi connectivity index (χ1) is 7.57. The third kappa shape index (κ3) is 2.71. The minimum atomic E-state index is -0.145. The lowest BCUT2D eigenvalue weighted by atomic mass is 10.1. The van der Waals surface area contributed by atoms with Gasteiger partial charge in [-0.3, -0.25) is 9.69 Å². The number of aromatic nitrogens is 1. The van der Waals surface area contributed by atoms with Crippen LogP contribution in [0.2, 0.25) is 0 Å². The van der Waals surface area contributed by atoms with E-state index in [1.165, 1.54) is 0 Å². The number of ketones is 1. The number of rotatable bonds is 3. The van der Waals surface area contributed by atoms with E-state index in [9.17, 15) is 4.79 Å². The van der Waals surface area contributed by atoms with Crippen molar-refractivity contribution in [1.29, 1.82) is 0 Å². The zero-order valence-electron chi connectivity index (χ0n) is 9.82. The topological polar surface area (TPSA) is 45.3 Å². The Hall–Kier alpha value is -1.13. The predicted octanol–water partition coefficient (Wildman–Crippen LogP) is 1.31. The Morgan fingerprint density at radius 2 is 2.44 bits per heavy atom. The van der Waals surface area contributed by atoms with Gasteiger partial charge >= 0.3 is 0 Å². The smallest absolute Gasteiger partial charge is 0.192 e. The second-order valence-corrected chi connectivity index (χ2v) is 4.83. The minimum absolute atomic E-state index is 0.141. The highest BCUT2D eigenvalue weighted by molar-refractivity contribution is 5.95. The van der Waals surface area contributed by atoms with E-state index in [0.29, 0.717) is 18.8 Å². The first kappa shape index (κ1) is 11.4. The first-order valence-corrected chi connectivity index (χ1v) is 5.60. The lowest BCUT2D eigenvalue weighted by molar-refractivity contribution is -0.0833. The molecule has 2 heterocycles. The maximum Gasteiger partial charge on any atom is 0.192 e. The van der Waals surface area contributed by atoms with Crippen molar-refractivity contribution in [1.82, 2.24) is 9.88 Å². The highest BCUT2D eigenvalue weighted by Gasteiger charge is 2.28. The van der Waals surface area contributed by atoms with Crippen molar-refractivity contribution in [3.8, 4) is 0 Å². The van der Waals surface area contributed by atoms with Crippen LogP contribution in [0.5, 0.6) is 0 Å². The zero-order chi connectivity index (χ0) is 11.6. The van der Waals surface area contributed by atoms with Crippen LogP contribution >= 0.6 is 0 Å². The molecule has 1 aliphatic rings. The van der Waals surface area contributed by atoms with Crippen molar-refractivity contribution in [2.24, 2.45) is 0 Å². The molecule has 88 valence electrons. The van der Waals surface area contributed by atoms with Gasteiger partial charge in [0, 0.05) is 19.3 Å². The van der Waals surface area contributed by atoms with Crippen molar-refractivity contribution in [3.05, 3.63) is 24.0 Å². The number of carbonyl (C=O) groups is 1. The van der Waals surface area contributed by atoms with E-state index in [-0.39, 0.29) is 11.4 Å². The SMILES string of the molecule is CC1(C)CN(CC(=O)c2ccc[nH]2)CCO1. The molecule has 1 aliphatic heterocycles. The van der Waals surface area contributed by atoms with Crippen LogP contribution in [0.3, 0.4) is 0 Å². The van der Waals surface area contributed by atoms with Gasteiger partial charge in [0.05, 0.1) is 24.4 Å². The molecule has 0 atom stereocenters. The predicted molar refractivity (Wildman–Crippen MR) is 61.6 cm³/mol. The van der Waals surface area contributed by atoms with Crippen LogP contribution in [0.25, 0.3) is 0 Å². The van der Waals surface area contributed by atoms with E-state index >= 15 is 0 Å². The Bertz CT molecular complexity index is 357. The van der Waals surface area contributed by atoms with Crippen molar-refractivity contribution >= 4 is 5.78 Å². The Labute approximate surface area is 95.6 Å². The summed E-state index contributed by atoms with van der Waals surface area (Å²) in [4.78, 5) is 17.0. The summed E-state index contributed by atoms with van der Waals surface area (Å²) in [5, 5.41) is 0. The highest BCUT2D eigenvalue weighted by Crippen LogP contribution is 2.16. The van der Waals surface area contributed by atoms with Gasteiger partial charge in [0.2, 0.25) is 0 Å². The van der Waals surface area contributed by atoms with Crippen LogP contribution in [0.4, 0.5) is 0 Å². The third-order valence-electron chi connectivity index (χ3n) is 2.77. The van der Waals surface area contributed by atoms with Crippen molar-refractivity contribution in [3.63, 3.8) is 0 Å². The average molecular weight is 222 g/mol. The van der Waals surface area contributed by atoms with Gasteiger partial charge < -0.3 is 9.72 Å². The van der Waals surface area contributed by atoms with E-state index in [0.717, 1.165) is 13.1 Å². The molecular weight excluding hydrogens is 204 g/mol. The fourth-order valence-electron chi connectivity index (χ4n) is 2.04. The minimum Gasteiger partial charge on any atom is -0.373 e. The van der Waals surface area contributed by atoms with Crippen LogP contribution < -0.4 is 0 Å². The molecule has 0 bridgehead atoms. The monoisotopic (exact) mass is 222 g/mol. The Morgan fingerprint density at radius 1 is 1.62 bits per heavy atom. The Morgan fingerprint density at radius 3 is 3.06 bits per heavy atom. The summed E-state index contributed by atoms with van der Waals surface area (Å²) >= 11 is 0. The normalized spacial score (nSPS) is 20.9. The van der Waals surface area contributed by atoms with Crippen LogP contribution in [0.1, 0.15) is 24.3 Å². The molecule has 0 aliphatic carbocycles. The molecule has 0 amide bonds. The number of hydrogen-bond acceptors (Lipinski definition) is 3. The lowest BCUT2D eigenvalue weighted by Crippen LogP contribution is -2.49. The summed E-state index contributed by atoms with van der Waals surface area (Å²) in [6.45, 7) is 6.91. The molecule has 4 heteroatoms.